The van der Waals surface area contributed by atoms with Crippen LogP contribution in [0.15, 0.2) is 47.2 Å². The summed E-state index contributed by atoms with van der Waals surface area (Å²) in [5.74, 6) is 1.67. The number of rotatable bonds is 5. The summed E-state index contributed by atoms with van der Waals surface area (Å²) < 4.78 is 37.0. The van der Waals surface area contributed by atoms with Crippen molar-refractivity contribution in [2.24, 2.45) is 5.92 Å². The zero-order valence-electron chi connectivity index (χ0n) is 19.0. The Morgan fingerprint density at radius 2 is 1.97 bits per heavy atom. The number of hydrogen-bond acceptors (Lipinski definition) is 7. The predicted molar refractivity (Wildman–Crippen MR) is 128 cm³/mol. The molecule has 0 radical (unpaired) electrons. The normalized spacial score (nSPS) is 19.7. The minimum Gasteiger partial charge on any atom is -0.460 e. The number of hydrogen-bond donors (Lipinski definition) is 1. The SMILES string of the molecule is O=C(Nc1ccc2c(c1)OCO2)C1CCN(Cc2cc(F)cc3c2OC(c2ccsc2)OC3)CC1. The Morgan fingerprint density at radius 3 is 2.80 bits per heavy atom. The molecule has 1 saturated heterocycles. The number of carbonyl (C=O) groups is 1. The van der Waals surface area contributed by atoms with Crippen molar-refractivity contribution < 1.29 is 28.1 Å². The fraction of sp³-hybridized carbons (Fsp3) is 0.346. The number of nitrogens with zero attached hydrogens (tertiary/aromatic N) is 1. The van der Waals surface area contributed by atoms with Gasteiger partial charge in [-0.05, 0) is 61.6 Å². The van der Waals surface area contributed by atoms with E-state index in [1.54, 1.807) is 29.5 Å². The van der Waals surface area contributed by atoms with Crippen molar-refractivity contribution in [1.29, 1.82) is 0 Å². The molecule has 1 unspecified atom stereocenters. The number of anilines is 1. The van der Waals surface area contributed by atoms with Crippen molar-refractivity contribution in [3.8, 4) is 17.2 Å². The smallest absolute Gasteiger partial charge is 0.231 e. The van der Waals surface area contributed by atoms with Gasteiger partial charge < -0.3 is 24.3 Å². The van der Waals surface area contributed by atoms with Gasteiger partial charge in [0.15, 0.2) is 11.5 Å². The van der Waals surface area contributed by atoms with Gasteiger partial charge in [0.2, 0.25) is 19.0 Å². The monoisotopic (exact) mass is 496 g/mol. The maximum Gasteiger partial charge on any atom is 0.231 e. The van der Waals surface area contributed by atoms with Crippen molar-refractivity contribution in [2.75, 3.05) is 25.2 Å². The average Bonchev–Trinajstić information content (AvgIpc) is 3.56. The van der Waals surface area contributed by atoms with Crippen molar-refractivity contribution in [3.05, 3.63) is 69.7 Å². The molecule has 35 heavy (non-hydrogen) atoms. The number of fused-ring (bicyclic) bond motifs is 2. The van der Waals surface area contributed by atoms with E-state index in [1.165, 1.54) is 6.07 Å². The van der Waals surface area contributed by atoms with E-state index in [0.29, 0.717) is 36.1 Å². The van der Waals surface area contributed by atoms with E-state index in [-0.39, 0.29) is 24.4 Å². The first-order chi connectivity index (χ1) is 17.1. The molecule has 1 aromatic heterocycles. The first-order valence-electron chi connectivity index (χ1n) is 11.7. The molecule has 1 N–H and O–H groups in total. The Kier molecular flexibility index (Phi) is 6.05. The van der Waals surface area contributed by atoms with Gasteiger partial charge in [-0.1, -0.05) is 0 Å². The summed E-state index contributed by atoms with van der Waals surface area (Å²) >= 11 is 1.58. The van der Waals surface area contributed by atoms with Gasteiger partial charge in [0, 0.05) is 46.3 Å². The van der Waals surface area contributed by atoms with Crippen LogP contribution in [-0.2, 0) is 22.7 Å². The number of piperidine rings is 1. The third-order valence-electron chi connectivity index (χ3n) is 6.63. The Hall–Kier alpha value is -3.14. The van der Waals surface area contributed by atoms with Gasteiger partial charge in [-0.25, -0.2) is 4.39 Å². The number of carbonyl (C=O) groups excluding carboxylic acids is 1. The summed E-state index contributed by atoms with van der Waals surface area (Å²) in [5, 5.41) is 6.98. The molecule has 9 heteroatoms. The highest BCUT2D eigenvalue weighted by atomic mass is 32.1. The van der Waals surface area contributed by atoms with E-state index >= 15 is 0 Å². The molecule has 182 valence electrons. The number of thiophene rings is 1. The fourth-order valence-corrected chi connectivity index (χ4v) is 5.44. The third-order valence-corrected chi connectivity index (χ3v) is 7.33. The van der Waals surface area contributed by atoms with Crippen molar-refractivity contribution in [1.82, 2.24) is 4.90 Å². The van der Waals surface area contributed by atoms with E-state index in [1.807, 2.05) is 22.9 Å². The molecule has 1 amide bonds. The highest BCUT2D eigenvalue weighted by Crippen LogP contribution is 2.38. The van der Waals surface area contributed by atoms with Crippen LogP contribution in [0.4, 0.5) is 10.1 Å². The van der Waals surface area contributed by atoms with E-state index in [9.17, 15) is 9.18 Å². The summed E-state index contributed by atoms with van der Waals surface area (Å²) in [7, 11) is 0. The molecule has 4 heterocycles. The molecule has 0 spiro atoms. The number of likely N-dealkylation sites (tertiary alicyclic amines) is 1. The Morgan fingerprint density at radius 1 is 1.11 bits per heavy atom. The average molecular weight is 497 g/mol. The zero-order valence-corrected chi connectivity index (χ0v) is 19.8. The summed E-state index contributed by atoms with van der Waals surface area (Å²) in [6.07, 6.45) is 0.980. The molecule has 3 aliphatic rings. The van der Waals surface area contributed by atoms with Crippen molar-refractivity contribution in [3.63, 3.8) is 0 Å². The van der Waals surface area contributed by atoms with Crippen LogP contribution in [0.25, 0.3) is 0 Å². The lowest BCUT2D eigenvalue weighted by molar-refractivity contribution is -0.121. The molecule has 0 saturated carbocycles. The largest absolute Gasteiger partial charge is 0.460 e. The molecule has 2 aromatic carbocycles. The maximum atomic E-state index is 14.3. The van der Waals surface area contributed by atoms with Crippen LogP contribution in [-0.4, -0.2) is 30.7 Å². The first-order valence-corrected chi connectivity index (χ1v) is 12.6. The van der Waals surface area contributed by atoms with E-state index < -0.39 is 6.29 Å². The predicted octanol–water partition coefficient (Wildman–Crippen LogP) is 5.07. The van der Waals surface area contributed by atoms with Gasteiger partial charge in [-0.15, -0.1) is 0 Å². The fourth-order valence-electron chi connectivity index (χ4n) is 4.78. The van der Waals surface area contributed by atoms with E-state index in [4.69, 9.17) is 18.9 Å². The van der Waals surface area contributed by atoms with Crippen LogP contribution in [0.2, 0.25) is 0 Å². The van der Waals surface area contributed by atoms with E-state index in [0.717, 1.165) is 42.6 Å². The Bertz CT molecular complexity index is 1230. The van der Waals surface area contributed by atoms with Crippen molar-refractivity contribution >= 4 is 22.9 Å². The van der Waals surface area contributed by atoms with Crippen LogP contribution in [0.1, 0.15) is 35.8 Å². The quantitative estimate of drug-likeness (QED) is 0.532. The Balaban J connectivity index is 1.08. The standard InChI is InChI=1S/C26H25FN2O5S/c27-20-9-18(24-19(10-20)13-31-26(34-24)17-5-8-35-14-17)12-29-6-3-16(4-7-29)25(30)28-21-1-2-22-23(11-21)33-15-32-22/h1-2,5,8-11,14,16,26H,3-4,6-7,12-13,15H2,(H,28,30). The second-order valence-electron chi connectivity index (χ2n) is 8.98. The van der Waals surface area contributed by atoms with Crippen molar-refractivity contribution in [2.45, 2.75) is 32.3 Å². The van der Waals surface area contributed by atoms with Crippen LogP contribution < -0.4 is 19.5 Å². The lowest BCUT2D eigenvalue weighted by atomic mass is 9.95. The van der Waals surface area contributed by atoms with Gasteiger partial charge in [-0.2, -0.15) is 11.3 Å². The van der Waals surface area contributed by atoms with Crippen LogP contribution in [0, 0.1) is 11.7 Å². The minimum absolute atomic E-state index is 0.00531. The minimum atomic E-state index is -0.483. The zero-order chi connectivity index (χ0) is 23.8. The van der Waals surface area contributed by atoms with Gasteiger partial charge in [0.1, 0.15) is 11.6 Å². The molecule has 7 nitrogen and oxygen atoms in total. The highest BCUT2D eigenvalue weighted by molar-refractivity contribution is 7.07. The molecule has 6 rings (SSSR count). The lowest BCUT2D eigenvalue weighted by Crippen LogP contribution is -2.38. The summed E-state index contributed by atoms with van der Waals surface area (Å²) in [5.41, 5.74) is 3.20. The topological polar surface area (TPSA) is 69.3 Å². The number of benzene rings is 2. The number of ether oxygens (including phenoxy) is 4. The van der Waals surface area contributed by atoms with Gasteiger partial charge in [0.05, 0.1) is 6.61 Å². The van der Waals surface area contributed by atoms with Gasteiger partial charge in [-0.3, -0.25) is 9.69 Å². The molecule has 1 atom stereocenters. The highest BCUT2D eigenvalue weighted by Gasteiger charge is 2.29. The Labute approximate surface area is 206 Å². The number of halogens is 1. The first kappa shape index (κ1) is 22.3. The second-order valence-corrected chi connectivity index (χ2v) is 9.76. The van der Waals surface area contributed by atoms with Crippen LogP contribution >= 0.6 is 11.3 Å². The van der Waals surface area contributed by atoms with E-state index in [2.05, 4.69) is 10.2 Å². The van der Waals surface area contributed by atoms with Crippen LogP contribution in [0.3, 0.4) is 0 Å². The summed E-state index contributed by atoms with van der Waals surface area (Å²) in [6.45, 7) is 2.56. The summed E-state index contributed by atoms with van der Waals surface area (Å²) in [6, 6.07) is 10.4. The lowest BCUT2D eigenvalue weighted by Gasteiger charge is -2.33. The molecule has 3 aromatic rings. The maximum absolute atomic E-state index is 14.3. The molecule has 0 bridgehead atoms. The van der Waals surface area contributed by atoms with Gasteiger partial charge >= 0.3 is 0 Å². The molecule has 0 aliphatic carbocycles. The number of nitrogens with one attached hydrogen (secondary N) is 1. The molecule has 1 fully saturated rings. The van der Waals surface area contributed by atoms with Gasteiger partial charge in [0.25, 0.3) is 0 Å². The molecule has 3 aliphatic heterocycles. The second kappa shape index (κ2) is 9.49. The number of amides is 1. The molecular weight excluding hydrogens is 471 g/mol. The van der Waals surface area contributed by atoms with Crippen LogP contribution in [0.5, 0.6) is 17.2 Å². The molecular formula is C26H25FN2O5S. The third kappa shape index (κ3) is 4.71. The summed E-state index contributed by atoms with van der Waals surface area (Å²) in [4.78, 5) is 15.1.